The predicted octanol–water partition coefficient (Wildman–Crippen LogP) is 3.94. The molecule has 1 saturated heterocycles. The molecule has 1 fully saturated rings. The fourth-order valence-corrected chi connectivity index (χ4v) is 3.87. The summed E-state index contributed by atoms with van der Waals surface area (Å²) in [5.74, 6) is 0.224. The Morgan fingerprint density at radius 1 is 1.13 bits per heavy atom. The second-order valence-electron chi connectivity index (χ2n) is 5.93. The zero-order valence-corrected chi connectivity index (χ0v) is 13.9. The van der Waals surface area contributed by atoms with Gasteiger partial charge in [-0.05, 0) is 42.7 Å². The van der Waals surface area contributed by atoms with Gasteiger partial charge in [-0.15, -0.1) is 11.3 Å². The van der Waals surface area contributed by atoms with Crippen molar-refractivity contribution < 1.29 is 9.59 Å². The molecule has 3 nitrogen and oxygen atoms in total. The first-order valence-electron chi connectivity index (χ1n) is 8.17. The number of carbonyl (C=O) groups excluding carboxylic acids is 2. The van der Waals surface area contributed by atoms with Gasteiger partial charge in [-0.2, -0.15) is 0 Å². The third kappa shape index (κ3) is 3.88. The van der Waals surface area contributed by atoms with Gasteiger partial charge in [-0.3, -0.25) is 9.59 Å². The second-order valence-corrected chi connectivity index (χ2v) is 6.87. The smallest absolute Gasteiger partial charge is 0.223 e. The number of ketones is 1. The average molecular weight is 327 g/mol. The molecule has 2 heterocycles. The van der Waals surface area contributed by atoms with Crippen LogP contribution >= 0.6 is 11.3 Å². The highest BCUT2D eigenvalue weighted by Crippen LogP contribution is 2.24. The molecule has 1 amide bonds. The third-order valence-corrected chi connectivity index (χ3v) is 5.22. The molecular formula is C19H21NO2S. The largest absolute Gasteiger partial charge is 0.332 e. The predicted molar refractivity (Wildman–Crippen MR) is 92.8 cm³/mol. The molecule has 1 aromatic carbocycles. The lowest BCUT2D eigenvalue weighted by molar-refractivity contribution is -0.131. The number of benzene rings is 1. The summed E-state index contributed by atoms with van der Waals surface area (Å²) in [6.07, 6.45) is 3.97. The molecule has 0 bridgehead atoms. The molecule has 1 aliphatic rings. The molecule has 0 unspecified atom stereocenters. The van der Waals surface area contributed by atoms with Crippen molar-refractivity contribution in [2.75, 3.05) is 6.54 Å². The van der Waals surface area contributed by atoms with Crippen molar-refractivity contribution in [1.82, 2.24) is 4.90 Å². The quantitative estimate of drug-likeness (QED) is 0.754. The number of rotatable bonds is 6. The summed E-state index contributed by atoms with van der Waals surface area (Å²) in [7, 11) is 0. The van der Waals surface area contributed by atoms with Gasteiger partial charge >= 0.3 is 0 Å². The average Bonchev–Trinajstić information content (AvgIpc) is 3.27. The minimum atomic E-state index is -0.252. The normalized spacial score (nSPS) is 17.4. The van der Waals surface area contributed by atoms with Gasteiger partial charge in [-0.1, -0.05) is 36.4 Å². The molecule has 3 rings (SSSR count). The van der Waals surface area contributed by atoms with Gasteiger partial charge in [0.1, 0.15) is 0 Å². The van der Waals surface area contributed by atoms with Crippen molar-refractivity contribution in [1.29, 1.82) is 0 Å². The van der Waals surface area contributed by atoms with Crippen molar-refractivity contribution in [2.24, 2.45) is 0 Å². The molecule has 120 valence electrons. The molecule has 23 heavy (non-hydrogen) atoms. The lowest BCUT2D eigenvalue weighted by atomic mass is 10.1. The molecule has 1 atom stereocenters. The molecule has 1 aromatic heterocycles. The van der Waals surface area contributed by atoms with E-state index in [1.165, 1.54) is 16.9 Å². The van der Waals surface area contributed by atoms with Crippen LogP contribution in [0.15, 0.2) is 47.8 Å². The van der Waals surface area contributed by atoms with E-state index in [-0.39, 0.29) is 17.7 Å². The minimum Gasteiger partial charge on any atom is -0.332 e. The van der Waals surface area contributed by atoms with Gasteiger partial charge in [0, 0.05) is 13.0 Å². The van der Waals surface area contributed by atoms with E-state index >= 15 is 0 Å². The van der Waals surface area contributed by atoms with Crippen LogP contribution in [0.1, 0.15) is 40.9 Å². The van der Waals surface area contributed by atoms with E-state index in [0.29, 0.717) is 13.0 Å². The topological polar surface area (TPSA) is 37.4 Å². The molecular weight excluding hydrogens is 306 g/mol. The second kappa shape index (κ2) is 7.55. The SMILES string of the molecule is O=C(c1cccs1)[C@@H]1CCCN1C(=O)CCCc1ccccc1. The Kier molecular flexibility index (Phi) is 5.23. The van der Waals surface area contributed by atoms with Gasteiger partial charge in [-0.25, -0.2) is 0 Å². The lowest BCUT2D eigenvalue weighted by Gasteiger charge is -2.23. The third-order valence-electron chi connectivity index (χ3n) is 4.34. The van der Waals surface area contributed by atoms with Gasteiger partial charge in [0.05, 0.1) is 10.9 Å². The first-order chi connectivity index (χ1) is 11.3. The summed E-state index contributed by atoms with van der Waals surface area (Å²) in [5.41, 5.74) is 1.26. The van der Waals surface area contributed by atoms with Crippen molar-refractivity contribution in [3.63, 3.8) is 0 Å². The van der Waals surface area contributed by atoms with Crippen LogP contribution < -0.4 is 0 Å². The van der Waals surface area contributed by atoms with Crippen LogP contribution in [0.4, 0.5) is 0 Å². The van der Waals surface area contributed by atoms with E-state index in [9.17, 15) is 9.59 Å². The molecule has 4 heteroatoms. The van der Waals surface area contributed by atoms with E-state index in [0.717, 1.165) is 30.6 Å². The number of Topliss-reactive ketones (excluding diaryl/α,β-unsaturated/α-hetero) is 1. The summed E-state index contributed by atoms with van der Waals surface area (Å²) in [6.45, 7) is 0.714. The Balaban J connectivity index is 1.55. The molecule has 0 aliphatic carbocycles. The summed E-state index contributed by atoms with van der Waals surface area (Å²) in [6, 6.07) is 13.7. The molecule has 0 radical (unpaired) electrons. The maximum atomic E-state index is 12.5. The molecule has 0 spiro atoms. The van der Waals surface area contributed by atoms with Crippen LogP contribution in [0.2, 0.25) is 0 Å². The Morgan fingerprint density at radius 3 is 2.70 bits per heavy atom. The van der Waals surface area contributed by atoms with Gasteiger partial charge in [0.25, 0.3) is 0 Å². The van der Waals surface area contributed by atoms with E-state index in [4.69, 9.17) is 0 Å². The number of likely N-dealkylation sites (tertiary alicyclic amines) is 1. The molecule has 2 aromatic rings. The number of nitrogens with zero attached hydrogens (tertiary/aromatic N) is 1. The molecule has 0 N–H and O–H groups in total. The zero-order chi connectivity index (χ0) is 16.1. The number of carbonyl (C=O) groups is 2. The monoisotopic (exact) mass is 327 g/mol. The summed E-state index contributed by atoms with van der Waals surface area (Å²) in [4.78, 5) is 27.6. The lowest BCUT2D eigenvalue weighted by Crippen LogP contribution is -2.40. The fourth-order valence-electron chi connectivity index (χ4n) is 3.15. The van der Waals surface area contributed by atoms with E-state index in [1.807, 2.05) is 35.7 Å². The van der Waals surface area contributed by atoms with Crippen LogP contribution in [0.25, 0.3) is 0 Å². The van der Waals surface area contributed by atoms with Crippen LogP contribution in [0.5, 0.6) is 0 Å². The Bertz CT molecular complexity index is 651. The summed E-state index contributed by atoms with van der Waals surface area (Å²) < 4.78 is 0. The van der Waals surface area contributed by atoms with Crippen molar-refractivity contribution in [3.05, 3.63) is 58.3 Å². The molecule has 1 aliphatic heterocycles. The van der Waals surface area contributed by atoms with Gasteiger partial charge < -0.3 is 4.90 Å². The van der Waals surface area contributed by atoms with Crippen molar-refractivity contribution in [2.45, 2.75) is 38.1 Å². The first-order valence-corrected chi connectivity index (χ1v) is 9.05. The van der Waals surface area contributed by atoms with E-state index in [2.05, 4.69) is 12.1 Å². The fraction of sp³-hybridized carbons (Fsp3) is 0.368. The number of hydrogen-bond donors (Lipinski definition) is 0. The highest BCUT2D eigenvalue weighted by Gasteiger charge is 2.34. The van der Waals surface area contributed by atoms with Gasteiger partial charge in [0.15, 0.2) is 5.78 Å². The number of thiophene rings is 1. The first kappa shape index (κ1) is 15.9. The Morgan fingerprint density at radius 2 is 1.96 bits per heavy atom. The number of amides is 1. The number of hydrogen-bond acceptors (Lipinski definition) is 3. The van der Waals surface area contributed by atoms with E-state index in [1.54, 1.807) is 4.90 Å². The minimum absolute atomic E-state index is 0.105. The van der Waals surface area contributed by atoms with Crippen molar-refractivity contribution in [3.8, 4) is 0 Å². The van der Waals surface area contributed by atoms with E-state index < -0.39 is 0 Å². The number of aryl methyl sites for hydroxylation is 1. The van der Waals surface area contributed by atoms with Crippen LogP contribution in [-0.2, 0) is 11.2 Å². The maximum absolute atomic E-state index is 12.5. The standard InChI is InChI=1S/C19H21NO2S/c21-18(12-4-9-15-7-2-1-3-8-15)20-13-5-10-16(20)19(22)17-11-6-14-23-17/h1-3,6-8,11,14,16H,4-5,9-10,12-13H2/t16-/m0/s1. The maximum Gasteiger partial charge on any atom is 0.223 e. The highest BCUT2D eigenvalue weighted by molar-refractivity contribution is 7.12. The Labute approximate surface area is 140 Å². The van der Waals surface area contributed by atoms with Crippen LogP contribution in [0.3, 0.4) is 0 Å². The molecule has 0 saturated carbocycles. The van der Waals surface area contributed by atoms with Crippen LogP contribution in [-0.4, -0.2) is 29.2 Å². The van der Waals surface area contributed by atoms with Crippen LogP contribution in [0, 0.1) is 0 Å². The Hall–Kier alpha value is -1.94. The highest BCUT2D eigenvalue weighted by atomic mass is 32.1. The van der Waals surface area contributed by atoms with Gasteiger partial charge in [0.2, 0.25) is 5.91 Å². The summed E-state index contributed by atoms with van der Waals surface area (Å²) >= 11 is 1.46. The van der Waals surface area contributed by atoms with Crippen molar-refractivity contribution >= 4 is 23.0 Å². The zero-order valence-electron chi connectivity index (χ0n) is 13.1. The summed E-state index contributed by atoms with van der Waals surface area (Å²) in [5, 5.41) is 1.91.